The summed E-state index contributed by atoms with van der Waals surface area (Å²) in [4.78, 5) is 32.5. The first-order valence-electron chi connectivity index (χ1n) is 5.45. The Labute approximate surface area is 122 Å². The third-order valence-corrected chi connectivity index (χ3v) is 2.79. The molecule has 0 aliphatic carbocycles. The van der Waals surface area contributed by atoms with Crippen molar-refractivity contribution in [2.75, 3.05) is 5.32 Å². The lowest BCUT2D eigenvalue weighted by molar-refractivity contribution is -0.384. The quantitative estimate of drug-likeness (QED) is 0.661. The number of nitro groups is 1. The smallest absolute Gasteiger partial charge is 0.338 e. The number of amides is 1. The van der Waals surface area contributed by atoms with E-state index in [0.29, 0.717) is 0 Å². The first-order valence-corrected chi connectivity index (χ1v) is 5.83. The van der Waals surface area contributed by atoms with Crippen molar-refractivity contribution in [3.63, 3.8) is 0 Å². The van der Waals surface area contributed by atoms with Gasteiger partial charge in [-0.1, -0.05) is 11.6 Å². The lowest BCUT2D eigenvalue weighted by atomic mass is 10.2. The van der Waals surface area contributed by atoms with Gasteiger partial charge in [-0.05, 0) is 12.1 Å². The number of nitrogens with one attached hydrogen (secondary N) is 1. The Bertz CT molecular complexity index is 739. The van der Waals surface area contributed by atoms with E-state index < -0.39 is 16.8 Å². The molecule has 0 aliphatic heterocycles. The molecule has 21 heavy (non-hydrogen) atoms. The number of furan rings is 1. The molecule has 8 nitrogen and oxygen atoms in total. The number of anilines is 1. The van der Waals surface area contributed by atoms with E-state index in [1.807, 2.05) is 0 Å². The SMILES string of the molecule is O=C(O)c1coc(C(=O)Nc2ccc(Cl)c([N+](=O)[O-])c2)c1. The molecule has 1 aromatic heterocycles. The highest BCUT2D eigenvalue weighted by Crippen LogP contribution is 2.27. The van der Waals surface area contributed by atoms with Crippen molar-refractivity contribution in [2.45, 2.75) is 0 Å². The molecule has 0 fully saturated rings. The molecule has 2 N–H and O–H groups in total. The number of aromatic carboxylic acids is 1. The summed E-state index contributed by atoms with van der Waals surface area (Å²) in [6.07, 6.45) is 0.918. The van der Waals surface area contributed by atoms with Gasteiger partial charge in [0.1, 0.15) is 11.3 Å². The fourth-order valence-corrected chi connectivity index (χ4v) is 1.68. The predicted octanol–water partition coefficient (Wildman–Crippen LogP) is 2.79. The van der Waals surface area contributed by atoms with Gasteiger partial charge in [0.25, 0.3) is 11.6 Å². The van der Waals surface area contributed by atoms with Crippen molar-refractivity contribution in [1.29, 1.82) is 0 Å². The number of carboxylic acid groups (broad SMARTS) is 1. The Hall–Kier alpha value is -2.87. The Kier molecular flexibility index (Phi) is 3.90. The van der Waals surface area contributed by atoms with Gasteiger partial charge in [-0.25, -0.2) is 4.79 Å². The van der Waals surface area contributed by atoms with Crippen molar-refractivity contribution >= 4 is 34.9 Å². The first-order chi connectivity index (χ1) is 9.88. The topological polar surface area (TPSA) is 123 Å². The van der Waals surface area contributed by atoms with Crippen molar-refractivity contribution in [3.8, 4) is 0 Å². The summed E-state index contributed by atoms with van der Waals surface area (Å²) < 4.78 is 4.81. The van der Waals surface area contributed by atoms with Gasteiger partial charge >= 0.3 is 5.97 Å². The zero-order valence-corrected chi connectivity index (χ0v) is 11.0. The minimum absolute atomic E-state index is 0.0656. The predicted molar refractivity (Wildman–Crippen MR) is 71.7 cm³/mol. The van der Waals surface area contributed by atoms with E-state index in [4.69, 9.17) is 21.1 Å². The van der Waals surface area contributed by atoms with Crippen LogP contribution >= 0.6 is 11.6 Å². The maximum atomic E-state index is 11.8. The first kappa shape index (κ1) is 14.5. The van der Waals surface area contributed by atoms with E-state index >= 15 is 0 Å². The fourth-order valence-electron chi connectivity index (χ4n) is 1.49. The van der Waals surface area contributed by atoms with E-state index in [-0.39, 0.29) is 27.7 Å². The normalized spacial score (nSPS) is 10.1. The molecule has 1 aromatic carbocycles. The molecule has 0 bridgehead atoms. The molecular formula is C12H7ClN2O6. The molecule has 1 heterocycles. The van der Waals surface area contributed by atoms with Crippen LogP contribution < -0.4 is 5.32 Å². The van der Waals surface area contributed by atoms with Crippen molar-refractivity contribution < 1.29 is 24.0 Å². The van der Waals surface area contributed by atoms with Crippen molar-refractivity contribution in [1.82, 2.24) is 0 Å². The molecule has 108 valence electrons. The van der Waals surface area contributed by atoms with Gasteiger partial charge in [0, 0.05) is 17.8 Å². The summed E-state index contributed by atoms with van der Waals surface area (Å²) >= 11 is 5.64. The summed E-state index contributed by atoms with van der Waals surface area (Å²) in [6, 6.07) is 4.76. The molecule has 0 atom stereocenters. The second-order valence-electron chi connectivity index (χ2n) is 3.88. The highest BCUT2D eigenvalue weighted by molar-refractivity contribution is 6.32. The van der Waals surface area contributed by atoms with E-state index in [1.165, 1.54) is 12.1 Å². The highest BCUT2D eigenvalue weighted by atomic mass is 35.5. The van der Waals surface area contributed by atoms with Crippen LogP contribution in [0, 0.1) is 10.1 Å². The van der Waals surface area contributed by atoms with Crippen LogP contribution in [-0.2, 0) is 0 Å². The van der Waals surface area contributed by atoms with Gasteiger partial charge in [0.05, 0.1) is 10.5 Å². The Morgan fingerprint density at radius 2 is 2.05 bits per heavy atom. The van der Waals surface area contributed by atoms with Crippen LogP contribution in [0.2, 0.25) is 5.02 Å². The Morgan fingerprint density at radius 1 is 1.33 bits per heavy atom. The molecule has 2 rings (SSSR count). The van der Waals surface area contributed by atoms with Crippen LogP contribution in [0.1, 0.15) is 20.9 Å². The monoisotopic (exact) mass is 310 g/mol. The van der Waals surface area contributed by atoms with Crippen LogP contribution in [0.25, 0.3) is 0 Å². The van der Waals surface area contributed by atoms with Crippen LogP contribution in [0.15, 0.2) is 34.9 Å². The molecule has 0 saturated heterocycles. The van der Waals surface area contributed by atoms with Gasteiger partial charge in [-0.3, -0.25) is 14.9 Å². The van der Waals surface area contributed by atoms with Gasteiger partial charge in [0.15, 0.2) is 5.76 Å². The van der Waals surface area contributed by atoms with Crippen LogP contribution in [0.3, 0.4) is 0 Å². The number of rotatable bonds is 4. The standard InChI is InChI=1S/C12H7ClN2O6/c13-8-2-1-7(4-9(8)15(19)20)14-11(16)10-3-6(5-21-10)12(17)18/h1-5H,(H,14,16)(H,17,18). The number of carbonyl (C=O) groups excluding carboxylic acids is 1. The summed E-state index contributed by atoms with van der Waals surface area (Å²) in [6.45, 7) is 0. The van der Waals surface area contributed by atoms with Gasteiger partial charge in [0.2, 0.25) is 0 Å². The molecular weight excluding hydrogens is 304 g/mol. The van der Waals surface area contributed by atoms with Crippen molar-refractivity contribution in [2.24, 2.45) is 0 Å². The third-order valence-electron chi connectivity index (χ3n) is 2.47. The molecule has 0 saturated carbocycles. The minimum atomic E-state index is -1.24. The van der Waals surface area contributed by atoms with Gasteiger partial charge in [-0.15, -0.1) is 0 Å². The minimum Gasteiger partial charge on any atom is -0.478 e. The molecule has 0 spiro atoms. The van der Waals surface area contributed by atoms with E-state index in [2.05, 4.69) is 5.32 Å². The number of nitrogens with zero attached hydrogens (tertiary/aromatic N) is 1. The fraction of sp³-hybridized carbons (Fsp3) is 0. The van der Waals surface area contributed by atoms with Crippen LogP contribution in [0.5, 0.6) is 0 Å². The Balaban J connectivity index is 2.21. The van der Waals surface area contributed by atoms with Crippen LogP contribution in [0.4, 0.5) is 11.4 Å². The van der Waals surface area contributed by atoms with E-state index in [0.717, 1.165) is 18.4 Å². The lowest BCUT2D eigenvalue weighted by Gasteiger charge is -2.03. The maximum absolute atomic E-state index is 11.8. The number of hydrogen-bond donors (Lipinski definition) is 2. The summed E-state index contributed by atoms with van der Waals surface area (Å²) in [5.74, 6) is -2.20. The number of nitro benzene ring substituents is 1. The lowest BCUT2D eigenvalue weighted by Crippen LogP contribution is -2.11. The number of hydrogen-bond acceptors (Lipinski definition) is 5. The molecule has 0 radical (unpaired) electrons. The second kappa shape index (κ2) is 5.63. The summed E-state index contributed by atoms with van der Waals surface area (Å²) in [7, 11) is 0. The second-order valence-corrected chi connectivity index (χ2v) is 4.29. The number of carbonyl (C=O) groups is 2. The molecule has 1 amide bonds. The highest BCUT2D eigenvalue weighted by Gasteiger charge is 2.17. The average Bonchev–Trinajstić information content (AvgIpc) is 2.90. The van der Waals surface area contributed by atoms with Crippen LogP contribution in [-0.4, -0.2) is 21.9 Å². The molecule has 0 aliphatic rings. The number of halogens is 1. The largest absolute Gasteiger partial charge is 0.478 e. The number of carboxylic acids is 1. The van der Waals surface area contributed by atoms with Crippen molar-refractivity contribution in [3.05, 3.63) is 57.0 Å². The van der Waals surface area contributed by atoms with Gasteiger partial charge < -0.3 is 14.8 Å². The van der Waals surface area contributed by atoms with E-state index in [9.17, 15) is 19.7 Å². The zero-order chi connectivity index (χ0) is 15.6. The number of benzene rings is 1. The zero-order valence-electron chi connectivity index (χ0n) is 10.2. The average molecular weight is 311 g/mol. The maximum Gasteiger partial charge on any atom is 0.338 e. The van der Waals surface area contributed by atoms with Gasteiger partial charge in [-0.2, -0.15) is 0 Å². The molecule has 2 aromatic rings. The summed E-state index contributed by atoms with van der Waals surface area (Å²) in [5.41, 5.74) is -0.410. The van der Waals surface area contributed by atoms with E-state index in [1.54, 1.807) is 0 Å². The molecule has 0 unspecified atom stereocenters. The summed E-state index contributed by atoms with van der Waals surface area (Å²) in [5, 5.41) is 21.7. The molecule has 9 heteroatoms. The third kappa shape index (κ3) is 3.18. The Morgan fingerprint density at radius 3 is 2.62 bits per heavy atom.